The van der Waals surface area contributed by atoms with E-state index in [1.807, 2.05) is 6.07 Å². The summed E-state index contributed by atoms with van der Waals surface area (Å²) in [6, 6.07) is 5.72. The number of piperidine rings is 1. The van der Waals surface area contributed by atoms with E-state index in [1.165, 1.54) is 7.11 Å². The molecule has 0 unspecified atom stereocenters. The molecule has 1 aliphatic heterocycles. The van der Waals surface area contributed by atoms with E-state index < -0.39 is 6.10 Å². The van der Waals surface area contributed by atoms with Crippen molar-refractivity contribution in [3.8, 4) is 23.3 Å². The lowest BCUT2D eigenvalue weighted by atomic mass is 10.0. The number of aliphatic hydroxyl groups is 1. The van der Waals surface area contributed by atoms with E-state index in [2.05, 4.69) is 14.9 Å². The van der Waals surface area contributed by atoms with Crippen molar-refractivity contribution in [1.29, 1.82) is 0 Å². The molecule has 1 fully saturated rings. The summed E-state index contributed by atoms with van der Waals surface area (Å²) >= 11 is 0. The van der Waals surface area contributed by atoms with Crippen molar-refractivity contribution in [3.63, 3.8) is 0 Å². The van der Waals surface area contributed by atoms with Crippen LogP contribution in [-0.4, -0.2) is 66.6 Å². The number of β-amino-alcohol motifs (C(OH)–C–C–N with tert-alkyl or cyclic N) is 1. The van der Waals surface area contributed by atoms with Gasteiger partial charge in [0, 0.05) is 43.7 Å². The lowest BCUT2D eigenvalue weighted by Crippen LogP contribution is -2.48. The third kappa shape index (κ3) is 4.78. The molecule has 1 aliphatic rings. The summed E-state index contributed by atoms with van der Waals surface area (Å²) in [6.45, 7) is 2.00. The normalized spacial score (nSPS) is 20.1. The first-order chi connectivity index (χ1) is 13.1. The van der Waals surface area contributed by atoms with E-state index in [9.17, 15) is 5.11 Å². The Bertz CT molecular complexity index is 741. The zero-order chi connectivity index (χ0) is 19.2. The first-order valence-corrected chi connectivity index (χ1v) is 8.77. The van der Waals surface area contributed by atoms with E-state index in [0.29, 0.717) is 42.8 Å². The van der Waals surface area contributed by atoms with Gasteiger partial charge in [-0.15, -0.1) is 0 Å². The second kappa shape index (κ2) is 8.88. The maximum atomic E-state index is 10.5. The van der Waals surface area contributed by atoms with Gasteiger partial charge >= 0.3 is 6.01 Å². The average Bonchev–Trinajstić information content (AvgIpc) is 2.70. The minimum Gasteiger partial charge on any atom is -0.493 e. The summed E-state index contributed by atoms with van der Waals surface area (Å²) in [5, 5.41) is 10.5. The van der Waals surface area contributed by atoms with Crippen molar-refractivity contribution < 1.29 is 24.1 Å². The second-order valence-corrected chi connectivity index (χ2v) is 6.34. The van der Waals surface area contributed by atoms with Gasteiger partial charge in [0.1, 0.15) is 18.0 Å². The zero-order valence-corrected chi connectivity index (χ0v) is 15.8. The highest BCUT2D eigenvalue weighted by atomic mass is 16.5. The van der Waals surface area contributed by atoms with Crippen LogP contribution in [0.5, 0.6) is 23.3 Å². The van der Waals surface area contributed by atoms with Crippen LogP contribution in [0.2, 0.25) is 0 Å². The lowest BCUT2D eigenvalue weighted by molar-refractivity contribution is -0.0276. The minimum absolute atomic E-state index is 0.272. The molecule has 2 atom stereocenters. The van der Waals surface area contributed by atoms with Crippen LogP contribution < -0.4 is 18.9 Å². The molecule has 1 aromatic heterocycles. The maximum absolute atomic E-state index is 10.5. The van der Waals surface area contributed by atoms with Gasteiger partial charge in [0.05, 0.1) is 21.3 Å². The van der Waals surface area contributed by atoms with Gasteiger partial charge in [0.2, 0.25) is 0 Å². The molecule has 0 spiro atoms. The van der Waals surface area contributed by atoms with Gasteiger partial charge < -0.3 is 24.1 Å². The SMILES string of the molecule is COc1ncc(CN2CC[C@@H](Oc3ccc(OC)c(OC)c3)[C@H](O)C2)cn1. The Labute approximate surface area is 158 Å². The van der Waals surface area contributed by atoms with E-state index in [0.717, 1.165) is 12.1 Å². The predicted octanol–water partition coefficient (Wildman–Crippen LogP) is 1.52. The Morgan fingerprint density at radius 2 is 1.81 bits per heavy atom. The molecule has 3 rings (SSSR count). The van der Waals surface area contributed by atoms with Gasteiger partial charge in [-0.3, -0.25) is 4.90 Å². The van der Waals surface area contributed by atoms with E-state index in [4.69, 9.17) is 18.9 Å². The first-order valence-electron chi connectivity index (χ1n) is 8.77. The molecule has 0 bridgehead atoms. The fourth-order valence-electron chi connectivity index (χ4n) is 3.11. The summed E-state index contributed by atoms with van der Waals surface area (Å²) in [7, 11) is 4.71. The summed E-state index contributed by atoms with van der Waals surface area (Å²) in [4.78, 5) is 10.4. The van der Waals surface area contributed by atoms with E-state index in [-0.39, 0.29) is 6.10 Å². The molecule has 0 radical (unpaired) electrons. The Balaban J connectivity index is 1.56. The number of rotatable bonds is 7. The van der Waals surface area contributed by atoms with Gasteiger partial charge in [-0.2, -0.15) is 0 Å². The summed E-state index contributed by atoms with van der Waals surface area (Å²) in [5.74, 6) is 1.89. The summed E-state index contributed by atoms with van der Waals surface area (Å²) in [6.07, 6.45) is 3.33. The molecule has 146 valence electrons. The number of ether oxygens (including phenoxy) is 4. The van der Waals surface area contributed by atoms with Gasteiger partial charge in [-0.1, -0.05) is 0 Å². The monoisotopic (exact) mass is 375 g/mol. The number of hydrogen-bond donors (Lipinski definition) is 1. The fraction of sp³-hybridized carbons (Fsp3) is 0.474. The third-order valence-corrected chi connectivity index (χ3v) is 4.52. The van der Waals surface area contributed by atoms with Crippen LogP contribution in [0.3, 0.4) is 0 Å². The van der Waals surface area contributed by atoms with Gasteiger partial charge in [-0.25, -0.2) is 9.97 Å². The molecule has 1 N–H and O–H groups in total. The smallest absolute Gasteiger partial charge is 0.316 e. The number of nitrogens with zero attached hydrogens (tertiary/aromatic N) is 3. The largest absolute Gasteiger partial charge is 0.493 e. The minimum atomic E-state index is -0.592. The predicted molar refractivity (Wildman–Crippen MR) is 98.4 cm³/mol. The highest BCUT2D eigenvalue weighted by Crippen LogP contribution is 2.32. The van der Waals surface area contributed by atoms with Gasteiger partial charge in [0.25, 0.3) is 0 Å². The molecule has 27 heavy (non-hydrogen) atoms. The molecular formula is C19H25N3O5. The van der Waals surface area contributed by atoms with Crippen molar-refractivity contribution in [1.82, 2.24) is 14.9 Å². The highest BCUT2D eigenvalue weighted by molar-refractivity contribution is 5.45. The number of aliphatic hydroxyl groups excluding tert-OH is 1. The molecule has 0 amide bonds. The molecule has 2 aromatic rings. The Morgan fingerprint density at radius 1 is 1.07 bits per heavy atom. The quantitative estimate of drug-likeness (QED) is 0.780. The molecule has 1 saturated heterocycles. The van der Waals surface area contributed by atoms with Crippen molar-refractivity contribution in [2.45, 2.75) is 25.2 Å². The zero-order valence-electron chi connectivity index (χ0n) is 15.8. The Morgan fingerprint density at radius 3 is 2.44 bits per heavy atom. The van der Waals surface area contributed by atoms with Gasteiger partial charge in [0.15, 0.2) is 11.5 Å². The molecule has 0 saturated carbocycles. The molecule has 0 aliphatic carbocycles. The topological polar surface area (TPSA) is 86.2 Å². The summed E-state index contributed by atoms with van der Waals surface area (Å²) < 4.78 is 21.5. The Kier molecular flexibility index (Phi) is 6.31. The molecular weight excluding hydrogens is 350 g/mol. The second-order valence-electron chi connectivity index (χ2n) is 6.34. The van der Waals surface area contributed by atoms with Crippen LogP contribution in [0, 0.1) is 0 Å². The van der Waals surface area contributed by atoms with E-state index >= 15 is 0 Å². The number of hydrogen-bond acceptors (Lipinski definition) is 8. The van der Waals surface area contributed by atoms with Crippen LogP contribution >= 0.6 is 0 Å². The first kappa shape index (κ1) is 19.2. The fourth-order valence-corrected chi connectivity index (χ4v) is 3.11. The Hall–Kier alpha value is -2.58. The standard InChI is InChI=1S/C19H25N3O5/c1-24-17-5-4-14(8-18(17)25-2)27-16-6-7-22(12-15(16)23)11-13-9-20-19(26-3)21-10-13/h4-5,8-10,15-16,23H,6-7,11-12H2,1-3H3/t15-,16-/m1/s1. The van der Waals surface area contributed by atoms with Gasteiger partial charge in [-0.05, 0) is 18.6 Å². The molecule has 1 aromatic carbocycles. The van der Waals surface area contributed by atoms with Crippen molar-refractivity contribution in [3.05, 3.63) is 36.2 Å². The van der Waals surface area contributed by atoms with Crippen LogP contribution in [-0.2, 0) is 6.54 Å². The number of aromatic nitrogens is 2. The van der Waals surface area contributed by atoms with E-state index in [1.54, 1.807) is 38.7 Å². The number of likely N-dealkylation sites (tertiary alicyclic amines) is 1. The highest BCUT2D eigenvalue weighted by Gasteiger charge is 2.29. The van der Waals surface area contributed by atoms with Crippen LogP contribution in [0.15, 0.2) is 30.6 Å². The molecule has 2 heterocycles. The third-order valence-electron chi connectivity index (χ3n) is 4.52. The summed E-state index contributed by atoms with van der Waals surface area (Å²) in [5.41, 5.74) is 0.974. The number of benzene rings is 1. The van der Waals surface area contributed by atoms with Crippen LogP contribution in [0.25, 0.3) is 0 Å². The van der Waals surface area contributed by atoms with Crippen LogP contribution in [0.1, 0.15) is 12.0 Å². The van der Waals surface area contributed by atoms with Crippen molar-refractivity contribution in [2.24, 2.45) is 0 Å². The lowest BCUT2D eigenvalue weighted by Gasteiger charge is -2.35. The van der Waals surface area contributed by atoms with Crippen molar-refractivity contribution in [2.75, 3.05) is 34.4 Å². The maximum Gasteiger partial charge on any atom is 0.316 e. The molecule has 8 nitrogen and oxygen atoms in total. The average molecular weight is 375 g/mol. The van der Waals surface area contributed by atoms with Crippen molar-refractivity contribution >= 4 is 0 Å². The molecule has 8 heteroatoms. The number of methoxy groups -OCH3 is 3. The van der Waals surface area contributed by atoms with Crippen LogP contribution in [0.4, 0.5) is 0 Å².